The number of ether oxygens (including phenoxy) is 2. The number of Topliss-reactive ketones (excluding diaryl/α,β-unsaturated/α-hetero) is 1. The van der Waals surface area contributed by atoms with Crippen molar-refractivity contribution < 1.29 is 28.2 Å². The van der Waals surface area contributed by atoms with Gasteiger partial charge in [0, 0.05) is 5.69 Å². The van der Waals surface area contributed by atoms with Gasteiger partial charge < -0.3 is 14.5 Å². The van der Waals surface area contributed by atoms with E-state index in [1.54, 1.807) is 13.8 Å². The Kier molecular flexibility index (Phi) is 5.13. The first kappa shape index (κ1) is 17.4. The topological polar surface area (TPSA) is 85.5 Å². The summed E-state index contributed by atoms with van der Waals surface area (Å²) in [5, 5.41) is 0. The Morgan fingerprint density at radius 1 is 1.12 bits per heavy atom. The van der Waals surface area contributed by atoms with Gasteiger partial charge in [-0.2, -0.15) is 0 Å². The van der Waals surface area contributed by atoms with E-state index >= 15 is 0 Å². The lowest BCUT2D eigenvalue weighted by atomic mass is 10.1. The van der Waals surface area contributed by atoms with Crippen molar-refractivity contribution in [1.82, 2.24) is 4.98 Å². The molecule has 7 heteroatoms. The number of hydrogen-bond donors (Lipinski definition) is 1. The fourth-order valence-corrected chi connectivity index (χ4v) is 2.33. The molecule has 0 atom stereocenters. The van der Waals surface area contributed by atoms with Crippen LogP contribution in [-0.4, -0.2) is 36.4 Å². The first-order valence-corrected chi connectivity index (χ1v) is 7.09. The van der Waals surface area contributed by atoms with E-state index in [1.165, 1.54) is 25.3 Å². The summed E-state index contributed by atoms with van der Waals surface area (Å²) >= 11 is 0. The molecule has 0 bridgehead atoms. The van der Waals surface area contributed by atoms with Crippen LogP contribution in [0.15, 0.2) is 24.3 Å². The van der Waals surface area contributed by atoms with Gasteiger partial charge in [0.1, 0.15) is 11.5 Å². The zero-order valence-electron chi connectivity index (χ0n) is 13.4. The molecule has 0 aliphatic rings. The molecular formula is C17H16FNO5. The summed E-state index contributed by atoms with van der Waals surface area (Å²) in [6.07, 6.45) is 0. The molecule has 126 valence electrons. The molecule has 0 unspecified atom stereocenters. The van der Waals surface area contributed by atoms with Crippen LogP contribution in [0.25, 0.3) is 0 Å². The summed E-state index contributed by atoms with van der Waals surface area (Å²) in [5.74, 6) is -2.73. The molecule has 1 aromatic carbocycles. The highest BCUT2D eigenvalue weighted by molar-refractivity contribution is 6.01. The second-order valence-electron chi connectivity index (χ2n) is 5.10. The fraction of sp³-hybridized carbons (Fsp3) is 0.235. The van der Waals surface area contributed by atoms with Crippen LogP contribution in [0, 0.1) is 19.7 Å². The van der Waals surface area contributed by atoms with Gasteiger partial charge in [0.05, 0.1) is 18.2 Å². The summed E-state index contributed by atoms with van der Waals surface area (Å²) < 4.78 is 23.1. The molecule has 0 radical (unpaired) electrons. The number of hydrogen-bond acceptors (Lipinski definition) is 5. The molecule has 1 N–H and O–H groups in total. The SMILES string of the molecule is COC(=O)c1c(C)[nH]c(C(=O)OCC(=O)c2ccccc2F)c1C. The highest BCUT2D eigenvalue weighted by Gasteiger charge is 2.24. The second kappa shape index (κ2) is 7.08. The average Bonchev–Trinajstić information content (AvgIpc) is 2.86. The monoisotopic (exact) mass is 333 g/mol. The molecule has 0 saturated carbocycles. The van der Waals surface area contributed by atoms with E-state index in [-0.39, 0.29) is 16.8 Å². The van der Waals surface area contributed by atoms with Crippen molar-refractivity contribution in [2.24, 2.45) is 0 Å². The minimum Gasteiger partial charge on any atom is -0.465 e. The molecule has 2 aromatic rings. The van der Waals surface area contributed by atoms with E-state index in [2.05, 4.69) is 9.72 Å². The number of esters is 2. The predicted octanol–water partition coefficient (Wildman–Crippen LogP) is 2.60. The fourth-order valence-electron chi connectivity index (χ4n) is 2.33. The number of aryl methyl sites for hydroxylation is 1. The van der Waals surface area contributed by atoms with E-state index in [1.807, 2.05) is 0 Å². The smallest absolute Gasteiger partial charge is 0.355 e. The number of H-pyrrole nitrogens is 1. The summed E-state index contributed by atoms with van der Waals surface area (Å²) in [5.41, 5.74) is 0.952. The maximum Gasteiger partial charge on any atom is 0.355 e. The number of carbonyl (C=O) groups excluding carboxylic acids is 3. The standard InChI is InChI=1S/C17H16FNO5/c1-9-14(16(21)23-3)10(2)19-15(9)17(22)24-8-13(20)11-6-4-5-7-12(11)18/h4-7,19H,8H2,1-3H3. The minimum absolute atomic E-state index is 0.0502. The van der Waals surface area contributed by atoms with E-state index in [9.17, 15) is 18.8 Å². The van der Waals surface area contributed by atoms with Crippen molar-refractivity contribution >= 4 is 17.7 Å². The molecule has 24 heavy (non-hydrogen) atoms. The van der Waals surface area contributed by atoms with Crippen LogP contribution in [-0.2, 0) is 9.47 Å². The van der Waals surface area contributed by atoms with Crippen LogP contribution in [0.5, 0.6) is 0 Å². The lowest BCUT2D eigenvalue weighted by Gasteiger charge is -2.05. The number of nitrogens with one attached hydrogen (secondary N) is 1. The number of aromatic nitrogens is 1. The first-order chi connectivity index (χ1) is 11.4. The van der Waals surface area contributed by atoms with Crippen molar-refractivity contribution in [2.75, 3.05) is 13.7 Å². The molecule has 2 rings (SSSR count). The van der Waals surface area contributed by atoms with Gasteiger partial charge in [-0.3, -0.25) is 4.79 Å². The molecular weight excluding hydrogens is 317 g/mol. The minimum atomic E-state index is -0.810. The zero-order valence-corrected chi connectivity index (χ0v) is 13.4. The molecule has 0 amide bonds. The van der Waals surface area contributed by atoms with Crippen LogP contribution in [0.2, 0.25) is 0 Å². The molecule has 0 spiro atoms. The summed E-state index contributed by atoms with van der Waals surface area (Å²) in [6.45, 7) is 2.57. The number of ketones is 1. The molecule has 0 aliphatic heterocycles. The lowest BCUT2D eigenvalue weighted by molar-refractivity contribution is 0.0467. The Morgan fingerprint density at radius 2 is 1.79 bits per heavy atom. The summed E-state index contributed by atoms with van der Waals surface area (Å²) in [4.78, 5) is 38.5. The third-order valence-electron chi connectivity index (χ3n) is 3.54. The van der Waals surface area contributed by atoms with Crippen LogP contribution < -0.4 is 0 Å². The van der Waals surface area contributed by atoms with E-state index in [0.29, 0.717) is 11.3 Å². The quantitative estimate of drug-likeness (QED) is 0.671. The predicted molar refractivity (Wildman–Crippen MR) is 82.6 cm³/mol. The molecule has 6 nitrogen and oxygen atoms in total. The number of methoxy groups -OCH3 is 1. The summed E-state index contributed by atoms with van der Waals surface area (Å²) in [7, 11) is 1.24. The van der Waals surface area contributed by atoms with Gasteiger partial charge in [-0.15, -0.1) is 0 Å². The molecule has 1 heterocycles. The Balaban J connectivity index is 2.13. The van der Waals surface area contributed by atoms with Gasteiger partial charge in [0.2, 0.25) is 5.78 Å². The van der Waals surface area contributed by atoms with Gasteiger partial charge in [0.25, 0.3) is 0 Å². The number of carbonyl (C=O) groups is 3. The van der Waals surface area contributed by atoms with Crippen LogP contribution >= 0.6 is 0 Å². The maximum absolute atomic E-state index is 13.5. The van der Waals surface area contributed by atoms with E-state index in [0.717, 1.165) is 6.07 Å². The molecule has 1 aromatic heterocycles. The largest absolute Gasteiger partial charge is 0.465 e. The molecule has 0 aliphatic carbocycles. The van der Waals surface area contributed by atoms with Gasteiger partial charge in [-0.1, -0.05) is 12.1 Å². The van der Waals surface area contributed by atoms with Gasteiger partial charge in [0.15, 0.2) is 6.61 Å². The third kappa shape index (κ3) is 3.34. The van der Waals surface area contributed by atoms with Crippen molar-refractivity contribution in [3.63, 3.8) is 0 Å². The normalized spacial score (nSPS) is 10.3. The van der Waals surface area contributed by atoms with Crippen LogP contribution in [0.3, 0.4) is 0 Å². The number of benzene rings is 1. The van der Waals surface area contributed by atoms with Crippen molar-refractivity contribution in [3.8, 4) is 0 Å². The van der Waals surface area contributed by atoms with Crippen LogP contribution in [0.1, 0.15) is 42.5 Å². The Morgan fingerprint density at radius 3 is 2.42 bits per heavy atom. The van der Waals surface area contributed by atoms with Gasteiger partial charge in [-0.25, -0.2) is 14.0 Å². The second-order valence-corrected chi connectivity index (χ2v) is 5.10. The Labute approximate surface area is 137 Å². The zero-order chi connectivity index (χ0) is 17.9. The first-order valence-electron chi connectivity index (χ1n) is 7.09. The van der Waals surface area contributed by atoms with E-state index < -0.39 is 30.1 Å². The maximum atomic E-state index is 13.5. The van der Waals surface area contributed by atoms with Gasteiger partial charge in [-0.05, 0) is 31.5 Å². The number of halogens is 1. The Hall–Kier alpha value is -2.96. The third-order valence-corrected chi connectivity index (χ3v) is 3.54. The van der Waals surface area contributed by atoms with Crippen molar-refractivity contribution in [1.29, 1.82) is 0 Å². The van der Waals surface area contributed by atoms with Gasteiger partial charge >= 0.3 is 11.9 Å². The number of rotatable bonds is 5. The Bertz CT molecular complexity index is 809. The summed E-state index contributed by atoms with van der Waals surface area (Å²) in [6, 6.07) is 5.43. The highest BCUT2D eigenvalue weighted by Crippen LogP contribution is 2.19. The van der Waals surface area contributed by atoms with Crippen LogP contribution in [0.4, 0.5) is 4.39 Å². The molecule has 0 fully saturated rings. The lowest BCUT2D eigenvalue weighted by Crippen LogP contribution is -2.16. The number of aromatic amines is 1. The molecule has 0 saturated heterocycles. The van der Waals surface area contributed by atoms with Crippen molar-refractivity contribution in [3.05, 3.63) is 58.2 Å². The van der Waals surface area contributed by atoms with E-state index in [4.69, 9.17) is 4.74 Å². The average molecular weight is 333 g/mol. The highest BCUT2D eigenvalue weighted by atomic mass is 19.1. The van der Waals surface area contributed by atoms with Crippen molar-refractivity contribution in [2.45, 2.75) is 13.8 Å².